The van der Waals surface area contributed by atoms with Gasteiger partial charge in [-0.25, -0.2) is 45.7 Å². The molecule has 138 heavy (non-hydrogen) atoms. The van der Waals surface area contributed by atoms with Gasteiger partial charge >= 0.3 is 0 Å². The number of nitriles is 3. The molecule has 9 aromatic heterocycles. The summed E-state index contributed by atoms with van der Waals surface area (Å²) in [7, 11) is 0. The van der Waals surface area contributed by atoms with Gasteiger partial charge in [0.2, 0.25) is 17.7 Å². The average molecular weight is 2040 g/mol. The van der Waals surface area contributed by atoms with Crippen LogP contribution in [0, 0.1) is 95.5 Å². The number of halogens is 15. The van der Waals surface area contributed by atoms with Crippen LogP contribution in [0.4, 0.5) is 64.9 Å². The predicted molar refractivity (Wildman–Crippen MR) is 526 cm³/mol. The fourth-order valence-corrected chi connectivity index (χ4v) is 19.3. The smallest absolute Gasteiger partial charge is 0.276 e. The minimum atomic E-state index is -1.68. The van der Waals surface area contributed by atoms with E-state index >= 15 is 13.2 Å². The number of amides is 3. The van der Waals surface area contributed by atoms with E-state index in [-0.39, 0.29) is 206 Å². The van der Waals surface area contributed by atoms with E-state index in [0.29, 0.717) is 50.8 Å². The maximum atomic E-state index is 15.6. The SMILES string of the molecule is C=CC(=O)N1CCN(c2c(C#N)c(=O)n(-c3c(C)ccnc3C(C)C)c3nc(-c4c(F)c(Cl)c(F)c(N)c4Cl)c(Cl)cc23)C[C@H]1C.C=CC(=O)N1CCN(c2c(C#N)c(=O)n(-c3c(C)ccnc3C(C)C)c3nc(-c4c(F)c(N)c(F)c(Cl)c4Cl)c(Cl)cc23)C[C@H]1C.C=CC(=O)N1CCN(c2c(C#N)c(=O)n(-c3c(C)ccnc3C(C)C)c3nc(-c4c(N)c(F)c(F)c(Cl)c4F)c(Cl)cc23)C[C@H]1C. The topological polar surface area (TPSA) is 363 Å². The molecule has 3 atom stereocenters. The molecule has 12 heterocycles. The van der Waals surface area contributed by atoms with Gasteiger partial charge in [-0.2, -0.15) is 15.8 Å². The molecule has 42 heteroatoms. The number of nitrogen functional groups attached to an aromatic ring is 3. The fourth-order valence-electron chi connectivity index (χ4n) is 17.5. The first-order valence-corrected chi connectivity index (χ1v) is 45.6. The Balaban J connectivity index is 0.000000175. The van der Waals surface area contributed by atoms with Crippen LogP contribution < -0.4 is 48.6 Å². The zero-order valence-electron chi connectivity index (χ0n) is 75.8. The Morgan fingerprint density at radius 1 is 0.399 bits per heavy atom. The van der Waals surface area contributed by atoms with Crippen molar-refractivity contribution in [3.8, 4) is 69.0 Å². The molecule has 0 unspecified atom stereocenters. The number of hydrogen-bond acceptors (Lipinski definition) is 21. The number of aromatic nitrogens is 9. The lowest BCUT2D eigenvalue weighted by Crippen LogP contribution is -2.54. The Bertz CT molecular complexity index is 6790. The molecule has 15 rings (SSSR count). The van der Waals surface area contributed by atoms with Crippen molar-refractivity contribution < 1.29 is 45.1 Å². The number of aryl methyl sites for hydroxylation is 3. The number of hydrogen-bond donors (Lipinski definition) is 3. The van der Waals surface area contributed by atoms with E-state index in [0.717, 1.165) is 0 Å². The third-order valence-corrected chi connectivity index (χ3v) is 26.9. The summed E-state index contributed by atoms with van der Waals surface area (Å²) in [6.45, 7) is 35.2. The fraction of sp³-hybridized carbons (Fsp3) is 0.281. The second-order valence-electron chi connectivity index (χ2n) is 33.8. The van der Waals surface area contributed by atoms with E-state index < -0.39 is 122 Å². The summed E-state index contributed by atoms with van der Waals surface area (Å²) >= 11 is 50.7. The highest BCUT2D eigenvalue weighted by Crippen LogP contribution is 2.50. The second kappa shape index (κ2) is 40.5. The third kappa shape index (κ3) is 17.9. The van der Waals surface area contributed by atoms with E-state index in [4.69, 9.17) is 120 Å². The van der Waals surface area contributed by atoms with Gasteiger partial charge in [-0.3, -0.25) is 57.4 Å². The van der Waals surface area contributed by atoms with Crippen molar-refractivity contribution in [2.45, 2.75) is 119 Å². The molecule has 3 amide bonds. The molecule has 0 spiro atoms. The second-order valence-corrected chi connectivity index (χ2v) is 36.9. The minimum absolute atomic E-state index is 0.00290. The lowest BCUT2D eigenvalue weighted by Gasteiger charge is -2.41. The summed E-state index contributed by atoms with van der Waals surface area (Å²) in [6.07, 6.45) is 8.49. The molecule has 27 nitrogen and oxygen atoms in total. The predicted octanol–water partition coefficient (Wildman–Crippen LogP) is 19.9. The number of anilines is 6. The highest BCUT2D eigenvalue weighted by atomic mass is 35.5. The Labute approximate surface area is 825 Å². The van der Waals surface area contributed by atoms with Crippen LogP contribution >= 0.6 is 92.8 Å². The lowest BCUT2D eigenvalue weighted by atomic mass is 10.0. The van der Waals surface area contributed by atoms with Crippen LogP contribution in [0.3, 0.4) is 0 Å². The number of benzene rings is 3. The number of piperazine rings is 3. The van der Waals surface area contributed by atoms with Crippen molar-refractivity contribution in [3.05, 3.63) is 255 Å². The lowest BCUT2D eigenvalue weighted by molar-refractivity contribution is -0.129. The van der Waals surface area contributed by atoms with Gasteiger partial charge in [0.25, 0.3) is 16.7 Å². The van der Waals surface area contributed by atoms with Gasteiger partial charge in [-0.05, 0) is 131 Å². The van der Waals surface area contributed by atoms with E-state index in [1.165, 1.54) is 50.1 Å². The van der Waals surface area contributed by atoms with Crippen LogP contribution in [0.1, 0.15) is 131 Å². The first-order chi connectivity index (χ1) is 65.2. The molecule has 3 aliphatic rings. The number of nitrogens with zero attached hydrogens (tertiary/aromatic N) is 18. The molecule has 3 saturated heterocycles. The van der Waals surface area contributed by atoms with Gasteiger partial charge in [-0.1, -0.05) is 154 Å². The van der Waals surface area contributed by atoms with E-state index in [9.17, 15) is 62.1 Å². The highest BCUT2D eigenvalue weighted by Gasteiger charge is 2.40. The standard InChI is InChI=1S/2C32H28Cl3F2N7O2.C32H28Cl2F3N7O2/c1-6-20(45)43-10-9-42(13-16(43)5)30-17-11-19(33)28(21-22(34)26(39)25(37)23(35)24(21)36)41-31(17)44(32(46)18(30)12-38)29-15(4)7-8-40-27(29)14(2)3;1-6-20(45)43-10-9-42(13-16(43)5)30-17-11-19(33)28(21-22(34)23(35)25(37)26(39)24(21)36)41-31(17)44(32(46)18(30)12-38)29-15(4)7-8-40-27(29)14(2)3;1-6-20(45)43-10-9-42(13-16(43)5)30-17-11-19(33)28(21-23(35)22(34)24(36)25(37)26(21)39)41-31(17)44(32(46)18(30)12-38)29-15(4)7-8-40-27(29)14(2)3/h3*6-8,11,14,16H,1,9-10,13,39H2,2-5H3/t3*16-/m111/s1. The molecule has 0 radical (unpaired) electrons. The molecular formula is C96H84Cl8F7N21O6. The first-order valence-electron chi connectivity index (χ1n) is 42.6. The number of carbonyl (C=O) groups is 3. The summed E-state index contributed by atoms with van der Waals surface area (Å²) in [5.74, 6) is -10.9. The average Bonchev–Trinajstić information content (AvgIpc) is 0.726. The molecule has 12 aromatic rings. The number of rotatable bonds is 15. The molecule has 3 fully saturated rings. The maximum absolute atomic E-state index is 15.6. The van der Waals surface area contributed by atoms with Gasteiger partial charge in [0.1, 0.15) is 67.6 Å². The number of fused-ring (bicyclic) bond motifs is 3. The van der Waals surface area contributed by atoms with Gasteiger partial charge in [-0.15, -0.1) is 0 Å². The molecule has 3 aromatic carbocycles. The molecule has 0 aliphatic carbocycles. The van der Waals surface area contributed by atoms with Gasteiger partial charge < -0.3 is 46.6 Å². The summed E-state index contributed by atoms with van der Waals surface area (Å²) in [4.78, 5) is 119. The third-order valence-electron chi connectivity index (χ3n) is 24.2. The molecular weight excluding hydrogens is 1960 g/mol. The van der Waals surface area contributed by atoms with E-state index in [2.05, 4.69) is 51.8 Å². The van der Waals surface area contributed by atoms with Crippen molar-refractivity contribution in [2.75, 3.05) is 90.8 Å². The quantitative estimate of drug-likeness (QED) is 0.0282. The van der Waals surface area contributed by atoms with Crippen molar-refractivity contribution in [3.63, 3.8) is 0 Å². The summed E-state index contributed by atoms with van der Waals surface area (Å²) in [5.41, 5.74) is 14.9. The van der Waals surface area contributed by atoms with Crippen LogP contribution in [0.15, 0.2) is 107 Å². The van der Waals surface area contributed by atoms with Gasteiger partial charge in [0.05, 0.1) is 126 Å². The Hall–Kier alpha value is -13.1. The molecule has 0 bridgehead atoms. The van der Waals surface area contributed by atoms with Gasteiger partial charge in [0, 0.05) is 112 Å². The highest BCUT2D eigenvalue weighted by molar-refractivity contribution is 6.45. The summed E-state index contributed by atoms with van der Waals surface area (Å²) in [6, 6.07) is 14.6. The van der Waals surface area contributed by atoms with Crippen LogP contribution in [-0.2, 0) is 14.4 Å². The van der Waals surface area contributed by atoms with Crippen LogP contribution in [0.2, 0.25) is 40.2 Å². The summed E-state index contributed by atoms with van der Waals surface area (Å²) in [5, 5.41) is 27.9. The Morgan fingerprint density at radius 3 is 0.986 bits per heavy atom. The first kappa shape index (κ1) is 102. The molecule has 0 saturated carbocycles. The van der Waals surface area contributed by atoms with Crippen molar-refractivity contribution in [1.29, 1.82) is 15.8 Å². The number of pyridine rings is 9. The van der Waals surface area contributed by atoms with Crippen LogP contribution in [-0.4, -0.2) is 153 Å². The van der Waals surface area contributed by atoms with E-state index in [1.807, 2.05) is 78.2 Å². The van der Waals surface area contributed by atoms with E-state index in [1.54, 1.807) is 77.2 Å². The van der Waals surface area contributed by atoms with Crippen LogP contribution in [0.5, 0.6) is 0 Å². The van der Waals surface area contributed by atoms with Crippen LogP contribution in [0.25, 0.3) is 83.9 Å². The monoisotopic (exact) mass is 2040 g/mol. The number of nitrogens with two attached hydrogens (primary N) is 3. The normalized spacial score (nSPS) is 15.0. The zero-order valence-corrected chi connectivity index (χ0v) is 81.8. The minimum Gasteiger partial charge on any atom is -0.396 e. The number of carbonyl (C=O) groups excluding carboxylic acids is 3. The largest absolute Gasteiger partial charge is 0.396 e. The molecule has 6 N–H and O–H groups in total. The van der Waals surface area contributed by atoms with Gasteiger partial charge in [0.15, 0.2) is 40.7 Å². The molecule has 3 aliphatic heterocycles. The van der Waals surface area contributed by atoms with Crippen molar-refractivity contribution in [1.82, 2.24) is 58.3 Å². The van der Waals surface area contributed by atoms with Crippen molar-refractivity contribution >= 4 is 178 Å². The van der Waals surface area contributed by atoms with Crippen molar-refractivity contribution in [2.24, 2.45) is 0 Å². The Kier molecular flexibility index (Phi) is 30.1. The maximum Gasteiger partial charge on any atom is 0.276 e. The summed E-state index contributed by atoms with van der Waals surface area (Å²) < 4.78 is 108. The Morgan fingerprint density at radius 2 is 0.688 bits per heavy atom. The molecule has 714 valence electrons. The zero-order chi connectivity index (χ0) is 101.